The number of aliphatic hydroxyl groups is 1. The van der Waals surface area contributed by atoms with Crippen LogP contribution in [0.15, 0.2) is 0 Å². The molecule has 3 unspecified atom stereocenters. The highest BCUT2D eigenvalue weighted by Crippen LogP contribution is 2.33. The Kier molecular flexibility index (Phi) is 2.74. The van der Waals surface area contributed by atoms with Crippen molar-refractivity contribution in [2.24, 2.45) is 5.92 Å². The summed E-state index contributed by atoms with van der Waals surface area (Å²) >= 11 is 0. The molecule has 14 heavy (non-hydrogen) atoms. The lowest BCUT2D eigenvalue weighted by atomic mass is 9.88. The van der Waals surface area contributed by atoms with Crippen molar-refractivity contribution < 1.29 is 9.90 Å². The fraction of sp³-hybridized carbons (Fsp3) is 0.900. The molecule has 80 valence electrons. The molecule has 2 aliphatic rings. The number of carbonyl (C=O) groups excluding carboxylic acids is 1. The first-order valence-corrected chi connectivity index (χ1v) is 5.38. The zero-order valence-corrected chi connectivity index (χ0v) is 8.49. The molecule has 2 aliphatic heterocycles. The van der Waals surface area contributed by atoms with Crippen LogP contribution in [0.2, 0.25) is 0 Å². The molecular formula is C10H18N2O2. The Morgan fingerprint density at radius 1 is 1.64 bits per heavy atom. The van der Waals surface area contributed by atoms with Gasteiger partial charge in [0.25, 0.3) is 0 Å². The van der Waals surface area contributed by atoms with E-state index in [2.05, 4.69) is 10.6 Å². The summed E-state index contributed by atoms with van der Waals surface area (Å²) in [6.07, 6.45) is 2.85. The van der Waals surface area contributed by atoms with Crippen LogP contribution in [0.25, 0.3) is 0 Å². The SMILES string of the molecule is C[C@@H](O)CNC(=O)C1CC2CCC1N2. The Labute approximate surface area is 84.1 Å². The number of hydrogen-bond acceptors (Lipinski definition) is 3. The van der Waals surface area contributed by atoms with Crippen molar-refractivity contribution in [3.05, 3.63) is 0 Å². The van der Waals surface area contributed by atoms with E-state index in [1.807, 2.05) is 0 Å². The molecule has 0 aromatic rings. The first kappa shape index (κ1) is 9.93. The number of hydrogen-bond donors (Lipinski definition) is 3. The van der Waals surface area contributed by atoms with Crippen LogP contribution in [0.5, 0.6) is 0 Å². The second kappa shape index (κ2) is 3.87. The van der Waals surface area contributed by atoms with E-state index in [0.717, 1.165) is 12.8 Å². The number of carbonyl (C=O) groups is 1. The van der Waals surface area contributed by atoms with Crippen LogP contribution in [-0.2, 0) is 4.79 Å². The predicted octanol–water partition coefficient (Wildman–Crippen LogP) is -0.376. The summed E-state index contributed by atoms with van der Waals surface area (Å²) in [7, 11) is 0. The largest absolute Gasteiger partial charge is 0.392 e. The second-order valence-electron chi connectivity index (χ2n) is 4.48. The lowest BCUT2D eigenvalue weighted by Crippen LogP contribution is -2.40. The molecule has 1 amide bonds. The molecule has 3 N–H and O–H groups in total. The molecule has 2 fully saturated rings. The quantitative estimate of drug-likeness (QED) is 0.579. The normalized spacial score (nSPS) is 37.1. The molecular weight excluding hydrogens is 180 g/mol. The molecule has 0 aromatic heterocycles. The van der Waals surface area contributed by atoms with Gasteiger partial charge in [-0.15, -0.1) is 0 Å². The minimum atomic E-state index is -0.453. The molecule has 2 saturated heterocycles. The maximum Gasteiger partial charge on any atom is 0.224 e. The predicted molar refractivity (Wildman–Crippen MR) is 52.7 cm³/mol. The molecule has 0 spiro atoms. The summed E-state index contributed by atoms with van der Waals surface area (Å²) in [6.45, 7) is 2.05. The zero-order chi connectivity index (χ0) is 10.1. The van der Waals surface area contributed by atoms with E-state index in [1.54, 1.807) is 6.92 Å². The van der Waals surface area contributed by atoms with Crippen molar-refractivity contribution in [2.45, 2.75) is 44.4 Å². The molecule has 4 nitrogen and oxygen atoms in total. The van der Waals surface area contributed by atoms with Gasteiger partial charge in [0, 0.05) is 18.6 Å². The Hall–Kier alpha value is -0.610. The van der Waals surface area contributed by atoms with Crippen LogP contribution in [0, 0.1) is 5.92 Å². The first-order chi connectivity index (χ1) is 6.66. The maximum absolute atomic E-state index is 11.7. The molecule has 2 heterocycles. The van der Waals surface area contributed by atoms with Crippen molar-refractivity contribution >= 4 is 5.91 Å². The van der Waals surface area contributed by atoms with E-state index in [9.17, 15) is 4.79 Å². The van der Waals surface area contributed by atoms with Crippen molar-refractivity contribution in [2.75, 3.05) is 6.54 Å². The summed E-state index contributed by atoms with van der Waals surface area (Å²) in [5.74, 6) is 0.234. The highest BCUT2D eigenvalue weighted by molar-refractivity contribution is 5.80. The van der Waals surface area contributed by atoms with Gasteiger partial charge in [-0.1, -0.05) is 0 Å². The van der Waals surface area contributed by atoms with Crippen molar-refractivity contribution in [3.63, 3.8) is 0 Å². The van der Waals surface area contributed by atoms with Crippen LogP contribution >= 0.6 is 0 Å². The smallest absolute Gasteiger partial charge is 0.224 e. The van der Waals surface area contributed by atoms with Crippen LogP contribution in [0.4, 0.5) is 0 Å². The summed E-state index contributed by atoms with van der Waals surface area (Å²) in [5.41, 5.74) is 0. The van der Waals surface area contributed by atoms with Gasteiger partial charge in [0.15, 0.2) is 0 Å². The van der Waals surface area contributed by atoms with Crippen molar-refractivity contribution in [1.29, 1.82) is 0 Å². The Morgan fingerprint density at radius 3 is 2.93 bits per heavy atom. The van der Waals surface area contributed by atoms with Gasteiger partial charge in [0.1, 0.15) is 0 Å². The number of rotatable bonds is 3. The van der Waals surface area contributed by atoms with E-state index in [1.165, 1.54) is 6.42 Å². The van der Waals surface area contributed by atoms with E-state index >= 15 is 0 Å². The van der Waals surface area contributed by atoms with Crippen LogP contribution in [0.1, 0.15) is 26.2 Å². The minimum absolute atomic E-state index is 0.102. The number of fused-ring (bicyclic) bond motifs is 2. The van der Waals surface area contributed by atoms with Crippen molar-refractivity contribution in [1.82, 2.24) is 10.6 Å². The minimum Gasteiger partial charge on any atom is -0.392 e. The van der Waals surface area contributed by atoms with Gasteiger partial charge in [-0.25, -0.2) is 0 Å². The van der Waals surface area contributed by atoms with Gasteiger partial charge in [-0.3, -0.25) is 4.79 Å². The second-order valence-corrected chi connectivity index (χ2v) is 4.48. The van der Waals surface area contributed by atoms with Gasteiger partial charge >= 0.3 is 0 Å². The third kappa shape index (κ3) is 1.91. The molecule has 2 rings (SSSR count). The Bertz CT molecular complexity index is 230. The molecule has 4 heteroatoms. The molecule has 4 atom stereocenters. The van der Waals surface area contributed by atoms with E-state index in [0.29, 0.717) is 18.6 Å². The average Bonchev–Trinajstić information content (AvgIpc) is 2.74. The summed E-state index contributed by atoms with van der Waals surface area (Å²) in [4.78, 5) is 11.7. The van der Waals surface area contributed by atoms with E-state index < -0.39 is 6.10 Å². The highest BCUT2D eigenvalue weighted by atomic mass is 16.3. The molecule has 0 saturated carbocycles. The fourth-order valence-electron chi connectivity index (χ4n) is 2.49. The van der Waals surface area contributed by atoms with Gasteiger partial charge < -0.3 is 15.7 Å². The lowest BCUT2D eigenvalue weighted by molar-refractivity contribution is -0.126. The molecule has 0 aliphatic carbocycles. The maximum atomic E-state index is 11.7. The summed E-state index contributed by atoms with van der Waals surface area (Å²) < 4.78 is 0. The van der Waals surface area contributed by atoms with Crippen LogP contribution < -0.4 is 10.6 Å². The van der Waals surface area contributed by atoms with Gasteiger partial charge in [-0.2, -0.15) is 0 Å². The molecule has 2 bridgehead atoms. The Balaban J connectivity index is 1.81. The number of amides is 1. The van der Waals surface area contributed by atoms with Crippen molar-refractivity contribution in [3.8, 4) is 0 Å². The van der Waals surface area contributed by atoms with Gasteiger partial charge in [0.05, 0.1) is 12.0 Å². The van der Waals surface area contributed by atoms with E-state index in [4.69, 9.17) is 5.11 Å². The summed E-state index contributed by atoms with van der Waals surface area (Å²) in [6, 6.07) is 0.941. The number of nitrogens with one attached hydrogen (secondary N) is 2. The third-order valence-corrected chi connectivity index (χ3v) is 3.21. The van der Waals surface area contributed by atoms with E-state index in [-0.39, 0.29) is 11.8 Å². The topological polar surface area (TPSA) is 61.4 Å². The highest BCUT2D eigenvalue weighted by Gasteiger charge is 2.42. The van der Waals surface area contributed by atoms with Crippen LogP contribution in [-0.4, -0.2) is 35.7 Å². The fourth-order valence-corrected chi connectivity index (χ4v) is 2.49. The average molecular weight is 198 g/mol. The standard InChI is InChI=1S/C10H18N2O2/c1-6(13)5-11-10(14)8-4-7-2-3-9(8)12-7/h6-9,12-13H,2-5H2,1H3,(H,11,14)/t6-,7?,8?,9?/m1/s1. The summed E-state index contributed by atoms with van der Waals surface area (Å²) in [5, 5.41) is 15.2. The van der Waals surface area contributed by atoms with Crippen LogP contribution in [0.3, 0.4) is 0 Å². The van der Waals surface area contributed by atoms with Gasteiger partial charge in [0.2, 0.25) is 5.91 Å². The number of aliphatic hydroxyl groups excluding tert-OH is 1. The van der Waals surface area contributed by atoms with Gasteiger partial charge in [-0.05, 0) is 26.2 Å². The first-order valence-electron chi connectivity index (χ1n) is 5.38. The Morgan fingerprint density at radius 2 is 2.43 bits per heavy atom. The third-order valence-electron chi connectivity index (χ3n) is 3.21. The molecule has 0 aromatic carbocycles. The lowest BCUT2D eigenvalue weighted by Gasteiger charge is -2.19. The molecule has 0 radical (unpaired) electrons. The monoisotopic (exact) mass is 198 g/mol. The zero-order valence-electron chi connectivity index (χ0n) is 8.49.